The van der Waals surface area contributed by atoms with E-state index in [2.05, 4.69) is 9.97 Å². The lowest BCUT2D eigenvalue weighted by molar-refractivity contribution is 0.312. The molecule has 2 heterocycles. The Kier molecular flexibility index (Phi) is 5.38. The molecule has 1 unspecified atom stereocenters. The van der Waals surface area contributed by atoms with Gasteiger partial charge in [0.25, 0.3) is 0 Å². The van der Waals surface area contributed by atoms with Gasteiger partial charge in [-0.3, -0.25) is 9.97 Å². The fourth-order valence-corrected chi connectivity index (χ4v) is 5.17. The van der Waals surface area contributed by atoms with Gasteiger partial charge in [-0.05, 0) is 49.2 Å². The van der Waals surface area contributed by atoms with E-state index in [1.165, 1.54) is 28.6 Å². The van der Waals surface area contributed by atoms with Crippen molar-refractivity contribution in [3.8, 4) is 11.3 Å². The largest absolute Gasteiger partial charge is 0.257 e. The molecule has 0 amide bonds. The highest BCUT2D eigenvalue weighted by Gasteiger charge is 2.32. The summed E-state index contributed by atoms with van der Waals surface area (Å²) in [6, 6.07) is 10.9. The molecule has 1 fully saturated rings. The summed E-state index contributed by atoms with van der Waals surface area (Å²) in [7, 11) is -3.75. The highest BCUT2D eigenvalue weighted by Crippen LogP contribution is 2.33. The number of nitrogens with zero attached hydrogens (tertiary/aromatic N) is 3. The summed E-state index contributed by atoms with van der Waals surface area (Å²) in [6.45, 7) is 0.618. The Hall–Kier alpha value is -2.71. The van der Waals surface area contributed by atoms with E-state index in [0.29, 0.717) is 29.9 Å². The molecule has 0 N–H and O–H groups in total. The van der Waals surface area contributed by atoms with Crippen LogP contribution < -0.4 is 0 Å². The maximum atomic E-state index is 13.7. The van der Waals surface area contributed by atoms with Crippen molar-refractivity contribution in [1.29, 1.82) is 0 Å². The zero-order valence-corrected chi connectivity index (χ0v) is 16.3. The van der Waals surface area contributed by atoms with Gasteiger partial charge >= 0.3 is 0 Å². The molecule has 1 aliphatic rings. The van der Waals surface area contributed by atoms with Crippen LogP contribution >= 0.6 is 0 Å². The van der Waals surface area contributed by atoms with Crippen molar-refractivity contribution in [2.24, 2.45) is 0 Å². The second-order valence-corrected chi connectivity index (χ2v) is 8.89. The molecule has 0 saturated carbocycles. The number of sulfonamides is 1. The molecule has 150 valence electrons. The maximum Gasteiger partial charge on any atom is 0.243 e. The summed E-state index contributed by atoms with van der Waals surface area (Å²) in [5.74, 6) is -1.03. The van der Waals surface area contributed by atoms with E-state index >= 15 is 0 Å². The Balaban J connectivity index is 1.65. The molecule has 0 radical (unpaired) electrons. The first-order valence-corrected chi connectivity index (χ1v) is 10.7. The quantitative estimate of drug-likeness (QED) is 0.646. The lowest BCUT2D eigenvalue weighted by Crippen LogP contribution is -2.39. The Labute approximate surface area is 168 Å². The lowest BCUT2D eigenvalue weighted by Gasteiger charge is -2.32. The molecule has 0 bridgehead atoms. The van der Waals surface area contributed by atoms with Crippen molar-refractivity contribution < 1.29 is 17.2 Å². The minimum Gasteiger partial charge on any atom is -0.257 e. The number of aromatic nitrogens is 2. The van der Waals surface area contributed by atoms with E-state index in [9.17, 15) is 17.2 Å². The van der Waals surface area contributed by atoms with Crippen LogP contribution in [0.3, 0.4) is 0 Å². The first kappa shape index (κ1) is 19.6. The van der Waals surface area contributed by atoms with Gasteiger partial charge in [0.15, 0.2) is 0 Å². The number of hydrogen-bond donors (Lipinski definition) is 0. The lowest BCUT2D eigenvalue weighted by atomic mass is 9.92. The van der Waals surface area contributed by atoms with E-state index in [1.807, 2.05) is 0 Å². The second kappa shape index (κ2) is 7.96. The summed E-state index contributed by atoms with van der Waals surface area (Å²) in [5, 5.41) is 0. The van der Waals surface area contributed by atoms with E-state index < -0.39 is 15.8 Å². The molecule has 0 spiro atoms. The Morgan fingerprint density at radius 2 is 1.72 bits per heavy atom. The van der Waals surface area contributed by atoms with E-state index in [-0.39, 0.29) is 23.2 Å². The van der Waals surface area contributed by atoms with Gasteiger partial charge in [0.05, 0.1) is 16.3 Å². The van der Waals surface area contributed by atoms with E-state index in [1.54, 1.807) is 24.5 Å². The summed E-state index contributed by atoms with van der Waals surface area (Å²) in [4.78, 5) is 8.89. The maximum absolute atomic E-state index is 13.7. The molecule has 8 heteroatoms. The predicted octanol–water partition coefficient (Wildman–Crippen LogP) is 3.99. The monoisotopic (exact) mass is 415 g/mol. The molecule has 1 atom stereocenters. The number of benzene rings is 2. The van der Waals surface area contributed by atoms with Crippen LogP contribution in [0.5, 0.6) is 0 Å². The zero-order chi connectivity index (χ0) is 20.4. The van der Waals surface area contributed by atoms with Crippen molar-refractivity contribution in [2.45, 2.75) is 23.7 Å². The average Bonchev–Trinajstić information content (AvgIpc) is 2.74. The van der Waals surface area contributed by atoms with Crippen molar-refractivity contribution in [3.05, 3.63) is 78.3 Å². The third-order valence-electron chi connectivity index (χ3n) is 5.05. The second-order valence-electron chi connectivity index (χ2n) is 6.96. The highest BCUT2D eigenvalue weighted by atomic mass is 32.2. The number of hydrogen-bond acceptors (Lipinski definition) is 4. The Morgan fingerprint density at radius 3 is 2.48 bits per heavy atom. The van der Waals surface area contributed by atoms with Crippen molar-refractivity contribution in [1.82, 2.24) is 14.3 Å². The third kappa shape index (κ3) is 4.04. The molecular formula is C21H19F2N3O2S. The van der Waals surface area contributed by atoms with Gasteiger partial charge in [-0.25, -0.2) is 17.2 Å². The smallest absolute Gasteiger partial charge is 0.243 e. The number of halogens is 2. The minimum atomic E-state index is -3.75. The Morgan fingerprint density at radius 1 is 0.966 bits per heavy atom. The molecular weight excluding hydrogens is 396 g/mol. The van der Waals surface area contributed by atoms with Crippen molar-refractivity contribution in [3.63, 3.8) is 0 Å². The molecule has 1 saturated heterocycles. The highest BCUT2D eigenvalue weighted by molar-refractivity contribution is 7.89. The summed E-state index contributed by atoms with van der Waals surface area (Å²) in [6.07, 6.45) is 4.51. The standard InChI is InChI=1S/C21H19F2N3O2S/c22-17-6-8-19(9-7-17)29(27,28)26-12-2-4-16(14-26)21-20(24-10-11-25-21)15-3-1-5-18(23)13-15/h1,3,5-11,13,16H,2,4,12,14H2. The minimum absolute atomic E-state index is 0.0593. The van der Waals surface area contributed by atoms with Gasteiger partial charge in [-0.2, -0.15) is 4.31 Å². The summed E-state index contributed by atoms with van der Waals surface area (Å²) < 4.78 is 54.3. The first-order chi connectivity index (χ1) is 13.9. The van der Waals surface area contributed by atoms with Gasteiger partial charge in [-0.1, -0.05) is 12.1 Å². The van der Waals surface area contributed by atoms with Gasteiger partial charge < -0.3 is 0 Å². The molecule has 0 aliphatic carbocycles. The molecule has 1 aromatic heterocycles. The van der Waals surface area contributed by atoms with E-state index in [0.717, 1.165) is 18.6 Å². The molecule has 5 nitrogen and oxygen atoms in total. The molecule has 2 aromatic carbocycles. The van der Waals surface area contributed by atoms with Crippen LogP contribution in [0.25, 0.3) is 11.3 Å². The van der Waals surface area contributed by atoms with Crippen molar-refractivity contribution in [2.75, 3.05) is 13.1 Å². The summed E-state index contributed by atoms with van der Waals surface area (Å²) in [5.41, 5.74) is 1.81. The average molecular weight is 415 g/mol. The molecule has 1 aliphatic heterocycles. The Bertz CT molecular complexity index is 1120. The van der Waals surface area contributed by atoms with Crippen LogP contribution in [-0.4, -0.2) is 35.8 Å². The van der Waals surface area contributed by atoms with Crippen LogP contribution in [0.15, 0.2) is 65.8 Å². The van der Waals surface area contributed by atoms with Gasteiger partial charge in [-0.15, -0.1) is 0 Å². The molecule has 3 aromatic rings. The fourth-order valence-electron chi connectivity index (χ4n) is 3.65. The third-order valence-corrected chi connectivity index (χ3v) is 6.93. The van der Waals surface area contributed by atoms with Gasteiger partial charge in [0.2, 0.25) is 10.0 Å². The van der Waals surface area contributed by atoms with Crippen LogP contribution in [0.4, 0.5) is 8.78 Å². The fraction of sp³-hybridized carbons (Fsp3) is 0.238. The normalized spacial score (nSPS) is 17.9. The molecule has 4 rings (SSSR count). The van der Waals surface area contributed by atoms with Crippen LogP contribution in [0.1, 0.15) is 24.5 Å². The molecule has 29 heavy (non-hydrogen) atoms. The zero-order valence-electron chi connectivity index (χ0n) is 15.5. The number of rotatable bonds is 4. The van der Waals surface area contributed by atoms with Crippen LogP contribution in [0.2, 0.25) is 0 Å². The van der Waals surface area contributed by atoms with Gasteiger partial charge in [0.1, 0.15) is 11.6 Å². The van der Waals surface area contributed by atoms with Crippen molar-refractivity contribution >= 4 is 10.0 Å². The number of piperidine rings is 1. The topological polar surface area (TPSA) is 63.2 Å². The summed E-state index contributed by atoms with van der Waals surface area (Å²) >= 11 is 0. The predicted molar refractivity (Wildman–Crippen MR) is 105 cm³/mol. The van der Waals surface area contributed by atoms with Crippen LogP contribution in [-0.2, 0) is 10.0 Å². The SMILES string of the molecule is O=S(=O)(c1ccc(F)cc1)N1CCCC(c2nccnc2-c2cccc(F)c2)C1. The van der Waals surface area contributed by atoms with Gasteiger partial charge in [0, 0.05) is 37.0 Å². The van der Waals surface area contributed by atoms with E-state index in [4.69, 9.17) is 0 Å². The van der Waals surface area contributed by atoms with Crippen LogP contribution in [0, 0.1) is 11.6 Å². The first-order valence-electron chi connectivity index (χ1n) is 9.28.